The zero-order chi connectivity index (χ0) is 34.2. The predicted molar refractivity (Wildman–Crippen MR) is 168 cm³/mol. The number of alkyl carbamates (subject to hydrolysis) is 1. The number of hydrogen-bond donors (Lipinski definition) is 5. The minimum absolute atomic E-state index is 0.0692. The molecule has 13 heteroatoms. The number of ether oxygens (including phenoxy) is 1. The molecule has 0 radical (unpaired) electrons. The molecule has 1 aliphatic heterocycles. The van der Waals surface area contributed by atoms with Crippen LogP contribution in [0.1, 0.15) is 88.5 Å². The number of ketones is 1. The highest BCUT2D eigenvalue weighted by atomic mass is 16.5. The average Bonchev–Trinajstić information content (AvgIpc) is 3.74. The van der Waals surface area contributed by atoms with Gasteiger partial charge in [0.2, 0.25) is 17.6 Å². The van der Waals surface area contributed by atoms with Gasteiger partial charge in [0.25, 0.3) is 5.91 Å². The van der Waals surface area contributed by atoms with Gasteiger partial charge in [-0.25, -0.2) is 9.59 Å². The Bertz CT molecular complexity index is 1180. The third-order valence-electron chi connectivity index (χ3n) is 9.43. The lowest BCUT2D eigenvalue weighted by molar-refractivity contribution is -0.145. The fraction of sp³-hybridized carbons (Fsp3) is 0.812. The van der Waals surface area contributed by atoms with Gasteiger partial charge in [0.1, 0.15) is 18.7 Å². The van der Waals surface area contributed by atoms with Gasteiger partial charge in [-0.15, -0.1) is 0 Å². The Morgan fingerprint density at radius 1 is 0.911 bits per heavy atom. The molecular formula is C32H54N6O7. The standard InChI is InChI=1S/C32H54N6O7/c1-16(2)34-29(44)45-15-20(30(3,4)5)36-28(43)37-24(31(6,7)8)27(42)38-14-18-21(32(18,9)10)22(38)26(41)35-19(13-17-11-12-17)23(39)25(33)40/h16-22,24H,11-15H2,1-10H3,(H2,33,40)(H,34,44)(H,35,41)(H2,36,37,43)/t18-,19?,20+,21-,22-,24+/m0/s1. The van der Waals surface area contributed by atoms with E-state index in [4.69, 9.17) is 10.5 Å². The summed E-state index contributed by atoms with van der Waals surface area (Å²) in [6.07, 6.45) is 1.56. The molecule has 45 heavy (non-hydrogen) atoms. The van der Waals surface area contributed by atoms with E-state index in [9.17, 15) is 28.8 Å². The summed E-state index contributed by atoms with van der Waals surface area (Å²) < 4.78 is 5.35. The lowest BCUT2D eigenvalue weighted by Gasteiger charge is -2.38. The molecule has 3 fully saturated rings. The Labute approximate surface area is 266 Å². The van der Waals surface area contributed by atoms with Gasteiger partial charge in [-0.3, -0.25) is 19.2 Å². The third-order valence-corrected chi connectivity index (χ3v) is 9.43. The normalized spacial score (nSPS) is 24.1. The van der Waals surface area contributed by atoms with Crippen molar-refractivity contribution in [3.05, 3.63) is 0 Å². The molecule has 0 aromatic rings. The van der Waals surface area contributed by atoms with Crippen LogP contribution in [-0.2, 0) is 23.9 Å². The number of primary amides is 1. The van der Waals surface area contributed by atoms with Crippen molar-refractivity contribution in [2.45, 2.75) is 119 Å². The van der Waals surface area contributed by atoms with E-state index in [1.54, 1.807) is 0 Å². The molecule has 6 atom stereocenters. The van der Waals surface area contributed by atoms with Gasteiger partial charge in [-0.05, 0) is 54.3 Å². The Balaban J connectivity index is 1.78. The zero-order valence-corrected chi connectivity index (χ0v) is 28.5. The number of nitrogens with zero attached hydrogens (tertiary/aromatic N) is 1. The van der Waals surface area contributed by atoms with E-state index in [-0.39, 0.29) is 35.8 Å². The van der Waals surface area contributed by atoms with Crippen LogP contribution in [0.2, 0.25) is 0 Å². The van der Waals surface area contributed by atoms with E-state index in [1.807, 2.05) is 69.2 Å². The number of likely N-dealkylation sites (tertiary alicyclic amines) is 1. The first-order valence-electron chi connectivity index (χ1n) is 16.0. The molecule has 1 unspecified atom stereocenters. The summed E-state index contributed by atoms with van der Waals surface area (Å²) in [4.78, 5) is 79.3. The molecule has 3 aliphatic rings. The van der Waals surface area contributed by atoms with Crippen molar-refractivity contribution in [1.82, 2.24) is 26.2 Å². The molecule has 254 valence electrons. The van der Waals surface area contributed by atoms with Crippen molar-refractivity contribution in [3.8, 4) is 0 Å². The molecule has 1 saturated heterocycles. The molecule has 2 saturated carbocycles. The maximum Gasteiger partial charge on any atom is 0.407 e. The van der Waals surface area contributed by atoms with Gasteiger partial charge >= 0.3 is 12.1 Å². The fourth-order valence-corrected chi connectivity index (χ4v) is 6.25. The van der Waals surface area contributed by atoms with Crippen LogP contribution < -0.4 is 27.0 Å². The van der Waals surface area contributed by atoms with Gasteiger partial charge in [0.05, 0.1) is 12.1 Å². The monoisotopic (exact) mass is 634 g/mol. The Kier molecular flexibility index (Phi) is 10.6. The second-order valence-corrected chi connectivity index (χ2v) is 16.1. The number of fused-ring (bicyclic) bond motifs is 1. The number of amides is 6. The molecule has 13 nitrogen and oxygen atoms in total. The van der Waals surface area contributed by atoms with Crippen LogP contribution in [0.3, 0.4) is 0 Å². The van der Waals surface area contributed by atoms with Crippen LogP contribution in [0.25, 0.3) is 0 Å². The van der Waals surface area contributed by atoms with Crippen LogP contribution in [0.15, 0.2) is 0 Å². The Hall–Kier alpha value is -3.38. The summed E-state index contributed by atoms with van der Waals surface area (Å²) in [5.74, 6) is -2.69. The first kappa shape index (κ1) is 36.1. The molecule has 2 aliphatic carbocycles. The number of nitrogens with two attached hydrogens (primary N) is 1. The highest BCUT2D eigenvalue weighted by Crippen LogP contribution is 2.65. The molecule has 0 aromatic heterocycles. The lowest BCUT2D eigenvalue weighted by Crippen LogP contribution is -2.62. The number of carbonyl (C=O) groups is 6. The SMILES string of the molecule is CC(C)NC(=O)OC[C@@H](NC(=O)N[C@H](C(=O)N1C[C@H]2[C@@H]([C@H]1C(=O)NC(CC1CC1)C(=O)C(N)=O)C2(C)C)C(C)(C)C)C(C)(C)C. The smallest absolute Gasteiger partial charge is 0.407 e. The molecular weight excluding hydrogens is 580 g/mol. The molecule has 6 amide bonds. The lowest BCUT2D eigenvalue weighted by atomic mass is 9.85. The third kappa shape index (κ3) is 8.88. The summed E-state index contributed by atoms with van der Waals surface area (Å²) in [6.45, 7) is 19.1. The number of urea groups is 1. The van der Waals surface area contributed by atoms with Crippen molar-refractivity contribution in [3.63, 3.8) is 0 Å². The number of carbonyl (C=O) groups excluding carboxylic acids is 6. The first-order chi connectivity index (χ1) is 20.5. The molecule has 0 spiro atoms. The minimum Gasteiger partial charge on any atom is -0.447 e. The van der Waals surface area contributed by atoms with Crippen molar-refractivity contribution in [2.75, 3.05) is 13.2 Å². The van der Waals surface area contributed by atoms with E-state index in [0.717, 1.165) is 12.8 Å². The topological polar surface area (TPSA) is 189 Å². The maximum atomic E-state index is 14.2. The summed E-state index contributed by atoms with van der Waals surface area (Å²) in [7, 11) is 0. The largest absolute Gasteiger partial charge is 0.447 e. The molecule has 6 N–H and O–H groups in total. The number of Topliss-reactive ketones (excluding diaryl/α,β-unsaturated/α-hetero) is 1. The number of nitrogens with one attached hydrogen (secondary N) is 4. The van der Waals surface area contributed by atoms with Gasteiger partial charge in [0.15, 0.2) is 0 Å². The molecule has 3 rings (SSSR count). The second-order valence-electron chi connectivity index (χ2n) is 16.1. The number of rotatable bonds is 12. The van der Waals surface area contributed by atoms with Gasteiger partial charge in [-0.2, -0.15) is 0 Å². The average molecular weight is 635 g/mol. The Morgan fingerprint density at radius 2 is 1.51 bits per heavy atom. The highest BCUT2D eigenvalue weighted by Gasteiger charge is 2.70. The van der Waals surface area contributed by atoms with Crippen molar-refractivity contribution in [2.24, 2.45) is 39.7 Å². The van der Waals surface area contributed by atoms with Crippen LogP contribution >= 0.6 is 0 Å². The Morgan fingerprint density at radius 3 is 2.00 bits per heavy atom. The quantitative estimate of drug-likeness (QED) is 0.203. The van der Waals surface area contributed by atoms with E-state index >= 15 is 0 Å². The number of piperidine rings is 1. The van der Waals surface area contributed by atoms with Gasteiger partial charge in [-0.1, -0.05) is 68.2 Å². The van der Waals surface area contributed by atoms with E-state index in [1.165, 1.54) is 4.90 Å². The van der Waals surface area contributed by atoms with Crippen molar-refractivity contribution < 1.29 is 33.5 Å². The van der Waals surface area contributed by atoms with Gasteiger partial charge in [0, 0.05) is 12.6 Å². The predicted octanol–water partition coefficient (Wildman–Crippen LogP) is 2.07. The molecule has 0 aromatic carbocycles. The zero-order valence-electron chi connectivity index (χ0n) is 28.5. The summed E-state index contributed by atoms with van der Waals surface area (Å²) in [5.41, 5.74) is 3.87. The highest BCUT2D eigenvalue weighted by molar-refractivity contribution is 6.37. The van der Waals surface area contributed by atoms with Crippen molar-refractivity contribution in [1.29, 1.82) is 0 Å². The summed E-state index contributed by atoms with van der Waals surface area (Å²) in [6, 6.07) is -4.21. The second kappa shape index (κ2) is 13.2. The van der Waals surface area contributed by atoms with Crippen LogP contribution in [-0.4, -0.2) is 83.9 Å². The first-order valence-corrected chi connectivity index (χ1v) is 16.0. The van der Waals surface area contributed by atoms with Crippen LogP contribution in [0.4, 0.5) is 9.59 Å². The van der Waals surface area contributed by atoms with Crippen molar-refractivity contribution >= 4 is 35.6 Å². The molecule has 0 bridgehead atoms. The minimum atomic E-state index is -1.10. The van der Waals surface area contributed by atoms with Gasteiger partial charge < -0.3 is 36.6 Å². The summed E-state index contributed by atoms with van der Waals surface area (Å²) in [5, 5.41) is 11.1. The van der Waals surface area contributed by atoms with E-state index < -0.39 is 70.6 Å². The summed E-state index contributed by atoms with van der Waals surface area (Å²) >= 11 is 0. The fourth-order valence-electron chi connectivity index (χ4n) is 6.25. The molecule has 1 heterocycles. The number of hydrogen-bond acceptors (Lipinski definition) is 7. The van der Waals surface area contributed by atoms with E-state index in [2.05, 4.69) is 21.3 Å². The van der Waals surface area contributed by atoms with Crippen LogP contribution in [0, 0.1) is 34.0 Å². The van der Waals surface area contributed by atoms with E-state index in [0.29, 0.717) is 13.0 Å². The van der Waals surface area contributed by atoms with Crippen LogP contribution in [0.5, 0.6) is 0 Å². The maximum absolute atomic E-state index is 14.2.